The largest absolute Gasteiger partial charge is 0.497 e. The van der Waals surface area contributed by atoms with Crippen LogP contribution in [0.5, 0.6) is 11.5 Å². The van der Waals surface area contributed by atoms with Gasteiger partial charge in [0.15, 0.2) is 12.9 Å². The van der Waals surface area contributed by atoms with E-state index in [-0.39, 0.29) is 30.2 Å². The Balaban J connectivity index is 1.28. The minimum Gasteiger partial charge on any atom is -0.497 e. The zero-order valence-electron chi connectivity index (χ0n) is 19.7. The second-order valence-corrected chi connectivity index (χ2v) is 8.47. The topological polar surface area (TPSA) is 122 Å². The van der Waals surface area contributed by atoms with Crippen LogP contribution in [0, 0.1) is 18.7 Å². The van der Waals surface area contributed by atoms with Crippen molar-refractivity contribution in [3.05, 3.63) is 66.1 Å². The number of nitrogens with zero attached hydrogens (tertiary/aromatic N) is 3. The van der Waals surface area contributed by atoms with E-state index in [0.29, 0.717) is 35.2 Å². The molecule has 3 atom stereocenters. The Labute approximate surface area is 206 Å². The van der Waals surface area contributed by atoms with Gasteiger partial charge in [-0.2, -0.15) is 5.10 Å². The molecule has 0 saturated carbocycles. The number of carbonyl (C=O) groups is 2. The molecule has 12 heteroatoms. The van der Waals surface area contributed by atoms with Gasteiger partial charge >= 0.3 is 0 Å². The Morgan fingerprint density at radius 3 is 2.61 bits per heavy atom. The van der Waals surface area contributed by atoms with Crippen molar-refractivity contribution in [1.82, 2.24) is 25.8 Å². The molecule has 2 fully saturated rings. The predicted molar refractivity (Wildman–Crippen MR) is 129 cm³/mol. The lowest BCUT2D eigenvalue weighted by Gasteiger charge is -2.37. The molecule has 2 saturated heterocycles. The predicted octanol–water partition coefficient (Wildman–Crippen LogP) is 1.50. The number of nitrogens with one attached hydrogen (secondary N) is 4. The summed E-state index contributed by atoms with van der Waals surface area (Å²) in [6.45, 7) is 1.99. The van der Waals surface area contributed by atoms with Crippen LogP contribution in [0.1, 0.15) is 12.0 Å². The maximum absolute atomic E-state index is 13.4. The molecule has 3 heterocycles. The van der Waals surface area contributed by atoms with Gasteiger partial charge in [0.05, 0.1) is 24.4 Å². The van der Waals surface area contributed by atoms with E-state index in [1.807, 2.05) is 0 Å². The van der Waals surface area contributed by atoms with Crippen LogP contribution in [-0.2, 0) is 9.59 Å². The third-order valence-corrected chi connectivity index (χ3v) is 5.99. The lowest BCUT2D eigenvalue weighted by atomic mass is 10.0. The summed E-state index contributed by atoms with van der Waals surface area (Å²) in [5.41, 5.74) is 4.56. The summed E-state index contributed by atoms with van der Waals surface area (Å²) in [4.78, 5) is 25.5. The van der Waals surface area contributed by atoms with E-state index < -0.39 is 12.5 Å². The first kappa shape index (κ1) is 23.6. The smallest absolute Gasteiger partial charge is 0.263 e. The van der Waals surface area contributed by atoms with Gasteiger partial charge in [-0.05, 0) is 55.5 Å². The van der Waals surface area contributed by atoms with E-state index in [4.69, 9.17) is 9.47 Å². The third kappa shape index (κ3) is 4.81. The summed E-state index contributed by atoms with van der Waals surface area (Å²) < 4.78 is 25.6. The second-order valence-electron chi connectivity index (χ2n) is 8.47. The number of ether oxygens (including phenoxy) is 2. The average molecular weight is 496 g/mol. The summed E-state index contributed by atoms with van der Waals surface area (Å²) in [6, 6.07) is 14.6. The van der Waals surface area contributed by atoms with Crippen molar-refractivity contribution in [2.45, 2.75) is 19.4 Å². The third-order valence-electron chi connectivity index (χ3n) is 5.99. The lowest BCUT2D eigenvalue weighted by Crippen LogP contribution is -2.61. The van der Waals surface area contributed by atoms with Crippen LogP contribution in [0.3, 0.4) is 0 Å². The van der Waals surface area contributed by atoms with Gasteiger partial charge in [0.2, 0.25) is 5.91 Å². The standard InChI is InChI=1S/C24H26FN7O4/c1-14-11-20(27-21(33)13-36-18-9-7-17(35-2)8-10-18)32(30-14)24-28-22-19(23(34)29-24)12-26-31(22)16-5-3-15(25)4-6-16/h3-11,19,22,24,26,28H,12-13H2,1-2H3,(H,27,33)(H,29,34). The minimum atomic E-state index is -0.729. The SMILES string of the molecule is COc1ccc(OCC(=O)Nc2cc(C)nn2C2NC(=O)C3CNN(c4ccc(F)cc4)C3N2)cc1. The first-order chi connectivity index (χ1) is 17.4. The van der Waals surface area contributed by atoms with Crippen LogP contribution in [0.2, 0.25) is 0 Å². The van der Waals surface area contributed by atoms with Gasteiger partial charge in [0.1, 0.15) is 29.3 Å². The van der Waals surface area contributed by atoms with Crippen molar-refractivity contribution >= 4 is 23.3 Å². The van der Waals surface area contributed by atoms with Crippen LogP contribution in [0.4, 0.5) is 15.9 Å². The number of fused-ring (bicyclic) bond motifs is 1. The quantitative estimate of drug-likeness (QED) is 0.389. The van der Waals surface area contributed by atoms with Crippen molar-refractivity contribution in [3.63, 3.8) is 0 Å². The van der Waals surface area contributed by atoms with Gasteiger partial charge in [-0.25, -0.2) is 14.5 Å². The van der Waals surface area contributed by atoms with Gasteiger partial charge in [-0.1, -0.05) is 0 Å². The summed E-state index contributed by atoms with van der Waals surface area (Å²) in [5, 5.41) is 15.3. The molecule has 0 bridgehead atoms. The van der Waals surface area contributed by atoms with Crippen LogP contribution in [0.25, 0.3) is 0 Å². The van der Waals surface area contributed by atoms with E-state index in [9.17, 15) is 14.0 Å². The molecular formula is C24H26FN7O4. The van der Waals surface area contributed by atoms with Crippen molar-refractivity contribution in [2.24, 2.45) is 5.92 Å². The van der Waals surface area contributed by atoms with Crippen molar-refractivity contribution in [1.29, 1.82) is 0 Å². The maximum atomic E-state index is 13.4. The fraction of sp³-hybridized carbons (Fsp3) is 0.292. The number of aryl methyl sites for hydroxylation is 1. The molecule has 188 valence electrons. The molecule has 2 aliphatic heterocycles. The number of benzene rings is 2. The molecule has 1 aromatic heterocycles. The van der Waals surface area contributed by atoms with Gasteiger partial charge < -0.3 is 20.1 Å². The molecule has 4 N–H and O–H groups in total. The number of methoxy groups -OCH3 is 1. The summed E-state index contributed by atoms with van der Waals surface area (Å²) in [7, 11) is 1.57. The Morgan fingerprint density at radius 2 is 1.89 bits per heavy atom. The number of aromatic nitrogens is 2. The van der Waals surface area contributed by atoms with Gasteiger partial charge in [-0.3, -0.25) is 19.9 Å². The Bertz CT molecular complexity index is 1250. The number of amides is 2. The highest BCUT2D eigenvalue weighted by Crippen LogP contribution is 2.28. The molecule has 3 unspecified atom stereocenters. The average Bonchev–Trinajstić information content (AvgIpc) is 3.47. The number of hydrogen-bond donors (Lipinski definition) is 4. The normalized spacial score (nSPS) is 21.0. The van der Waals surface area contributed by atoms with Crippen molar-refractivity contribution < 1.29 is 23.5 Å². The molecule has 36 heavy (non-hydrogen) atoms. The summed E-state index contributed by atoms with van der Waals surface area (Å²) in [5.74, 6) is 0.329. The van der Waals surface area contributed by atoms with E-state index in [2.05, 4.69) is 26.5 Å². The van der Waals surface area contributed by atoms with E-state index in [1.165, 1.54) is 16.8 Å². The number of halogens is 1. The Hall–Kier alpha value is -4.16. The molecule has 0 spiro atoms. The van der Waals surface area contributed by atoms with E-state index in [1.54, 1.807) is 61.5 Å². The van der Waals surface area contributed by atoms with Crippen LogP contribution < -0.4 is 35.9 Å². The Kier molecular flexibility index (Phi) is 6.44. The van der Waals surface area contributed by atoms with E-state index in [0.717, 1.165) is 0 Å². The lowest BCUT2D eigenvalue weighted by molar-refractivity contribution is -0.129. The van der Waals surface area contributed by atoms with Crippen LogP contribution in [0.15, 0.2) is 54.6 Å². The molecular weight excluding hydrogens is 469 g/mol. The molecule has 2 aliphatic rings. The highest BCUT2D eigenvalue weighted by Gasteiger charge is 2.45. The highest BCUT2D eigenvalue weighted by molar-refractivity contribution is 5.91. The van der Waals surface area contributed by atoms with Crippen molar-refractivity contribution in [2.75, 3.05) is 30.6 Å². The highest BCUT2D eigenvalue weighted by atomic mass is 19.1. The fourth-order valence-corrected chi connectivity index (χ4v) is 4.25. The maximum Gasteiger partial charge on any atom is 0.263 e. The zero-order valence-corrected chi connectivity index (χ0v) is 19.7. The molecule has 2 amide bonds. The first-order valence-corrected chi connectivity index (χ1v) is 11.4. The molecule has 2 aromatic carbocycles. The monoisotopic (exact) mass is 495 g/mol. The van der Waals surface area contributed by atoms with E-state index >= 15 is 0 Å². The van der Waals surface area contributed by atoms with Crippen LogP contribution in [-0.4, -0.2) is 48.0 Å². The van der Waals surface area contributed by atoms with Gasteiger partial charge in [-0.15, -0.1) is 0 Å². The van der Waals surface area contributed by atoms with Crippen LogP contribution >= 0.6 is 0 Å². The molecule has 0 aliphatic carbocycles. The van der Waals surface area contributed by atoms with Gasteiger partial charge in [0.25, 0.3) is 5.91 Å². The minimum absolute atomic E-state index is 0.172. The molecule has 5 rings (SSSR count). The van der Waals surface area contributed by atoms with Gasteiger partial charge in [0, 0.05) is 12.6 Å². The number of rotatable bonds is 7. The number of anilines is 2. The van der Waals surface area contributed by atoms with Crippen molar-refractivity contribution in [3.8, 4) is 11.5 Å². The first-order valence-electron chi connectivity index (χ1n) is 11.4. The molecule has 0 radical (unpaired) electrons. The number of carbonyl (C=O) groups excluding carboxylic acids is 2. The Morgan fingerprint density at radius 1 is 1.17 bits per heavy atom. The summed E-state index contributed by atoms with van der Waals surface area (Å²) >= 11 is 0. The number of hydrogen-bond acceptors (Lipinski definition) is 8. The second kappa shape index (κ2) is 9.84. The number of hydrazine groups is 1. The molecule has 11 nitrogen and oxygen atoms in total. The summed E-state index contributed by atoms with van der Waals surface area (Å²) in [6.07, 6.45) is -1.14. The molecule has 3 aromatic rings. The fourth-order valence-electron chi connectivity index (χ4n) is 4.25. The zero-order chi connectivity index (χ0) is 25.2.